The molecular formula is C26H29N3O4. The Morgan fingerprint density at radius 3 is 2.52 bits per heavy atom. The number of fused-ring (bicyclic) bond motifs is 1. The van der Waals surface area contributed by atoms with Crippen molar-refractivity contribution in [3.63, 3.8) is 0 Å². The number of pyridine rings is 1. The van der Waals surface area contributed by atoms with Crippen LogP contribution in [0.5, 0.6) is 5.75 Å². The normalized spacial score (nSPS) is 15.3. The van der Waals surface area contributed by atoms with E-state index in [-0.39, 0.29) is 17.8 Å². The van der Waals surface area contributed by atoms with E-state index in [0.717, 1.165) is 35.2 Å². The van der Waals surface area contributed by atoms with Gasteiger partial charge in [-0.1, -0.05) is 24.3 Å². The maximum absolute atomic E-state index is 12.6. The third-order valence-corrected chi connectivity index (χ3v) is 6.14. The average molecular weight is 448 g/mol. The summed E-state index contributed by atoms with van der Waals surface area (Å²) in [5.74, 6) is 0.250. The quantitative estimate of drug-likeness (QED) is 0.518. The lowest BCUT2D eigenvalue weighted by atomic mass is 9.98. The van der Waals surface area contributed by atoms with Gasteiger partial charge in [-0.2, -0.15) is 0 Å². The van der Waals surface area contributed by atoms with Gasteiger partial charge in [-0.25, -0.2) is 0 Å². The smallest absolute Gasteiger partial charge is 0.313 e. The van der Waals surface area contributed by atoms with Gasteiger partial charge >= 0.3 is 5.97 Å². The van der Waals surface area contributed by atoms with E-state index in [0.29, 0.717) is 31.8 Å². The summed E-state index contributed by atoms with van der Waals surface area (Å²) >= 11 is 0. The van der Waals surface area contributed by atoms with Gasteiger partial charge in [-0.05, 0) is 47.5 Å². The Bertz CT molecular complexity index is 1110. The maximum atomic E-state index is 12.6. The molecule has 1 aliphatic heterocycles. The first kappa shape index (κ1) is 22.7. The highest BCUT2D eigenvalue weighted by atomic mass is 16.5. The van der Waals surface area contributed by atoms with Crippen molar-refractivity contribution in [1.29, 1.82) is 0 Å². The van der Waals surface area contributed by atoms with Crippen LogP contribution >= 0.6 is 0 Å². The van der Waals surface area contributed by atoms with Crippen molar-refractivity contribution in [3.05, 3.63) is 72.1 Å². The molecule has 0 radical (unpaired) electrons. The highest BCUT2D eigenvalue weighted by molar-refractivity contribution is 5.94. The summed E-state index contributed by atoms with van der Waals surface area (Å²) in [5, 5.41) is 2.13. The molecule has 0 unspecified atom stereocenters. The molecule has 0 saturated carbocycles. The van der Waals surface area contributed by atoms with Crippen LogP contribution in [-0.2, 0) is 9.53 Å². The Morgan fingerprint density at radius 2 is 1.79 bits per heavy atom. The van der Waals surface area contributed by atoms with Gasteiger partial charge in [0.1, 0.15) is 12.4 Å². The summed E-state index contributed by atoms with van der Waals surface area (Å²) < 4.78 is 10.8. The second-order valence-corrected chi connectivity index (χ2v) is 8.24. The summed E-state index contributed by atoms with van der Waals surface area (Å²) in [5.41, 5.74) is 1.54. The van der Waals surface area contributed by atoms with Crippen molar-refractivity contribution < 1.29 is 19.1 Å². The van der Waals surface area contributed by atoms with Gasteiger partial charge in [-0.3, -0.25) is 19.5 Å². The van der Waals surface area contributed by atoms with E-state index in [1.54, 1.807) is 31.6 Å². The predicted molar refractivity (Wildman–Crippen MR) is 126 cm³/mol. The zero-order chi connectivity index (χ0) is 23.2. The van der Waals surface area contributed by atoms with Crippen molar-refractivity contribution in [1.82, 2.24) is 14.8 Å². The number of hydrogen-bond acceptors (Lipinski definition) is 6. The van der Waals surface area contributed by atoms with Crippen LogP contribution < -0.4 is 4.74 Å². The third kappa shape index (κ3) is 5.49. The molecule has 33 heavy (non-hydrogen) atoms. The molecule has 1 amide bonds. The number of carbonyl (C=O) groups excluding carboxylic acids is 2. The third-order valence-electron chi connectivity index (χ3n) is 6.14. The Kier molecular flexibility index (Phi) is 7.19. The molecule has 1 aromatic heterocycles. The molecule has 1 fully saturated rings. The van der Waals surface area contributed by atoms with Crippen molar-refractivity contribution in [2.24, 2.45) is 0 Å². The molecule has 7 heteroatoms. The molecule has 0 N–H and O–H groups in total. The molecular weight excluding hydrogens is 418 g/mol. The zero-order valence-electron chi connectivity index (χ0n) is 19.1. The van der Waals surface area contributed by atoms with E-state index < -0.39 is 0 Å². The molecule has 0 bridgehead atoms. The molecule has 1 aliphatic rings. The van der Waals surface area contributed by atoms with E-state index in [1.807, 2.05) is 48.2 Å². The highest BCUT2D eigenvalue weighted by Crippen LogP contribution is 2.25. The van der Waals surface area contributed by atoms with E-state index >= 15 is 0 Å². The lowest BCUT2D eigenvalue weighted by Crippen LogP contribution is -2.49. The SMILES string of the molecule is COc1ccc2cc([C@H](C)C(=O)OCCN3CCN(C(=O)c4cccnc4)CC3)ccc2c1. The highest BCUT2D eigenvalue weighted by Gasteiger charge is 2.23. The molecule has 1 atom stereocenters. The van der Waals surface area contributed by atoms with Gasteiger partial charge in [-0.15, -0.1) is 0 Å². The van der Waals surface area contributed by atoms with Crippen molar-refractivity contribution in [3.8, 4) is 5.75 Å². The molecule has 3 aromatic rings. The average Bonchev–Trinajstić information content (AvgIpc) is 2.88. The van der Waals surface area contributed by atoms with Gasteiger partial charge in [0.25, 0.3) is 5.91 Å². The van der Waals surface area contributed by atoms with Crippen LogP contribution in [0, 0.1) is 0 Å². The Labute approximate surface area is 193 Å². The van der Waals surface area contributed by atoms with Crippen LogP contribution in [0.15, 0.2) is 60.9 Å². The van der Waals surface area contributed by atoms with Crippen molar-refractivity contribution >= 4 is 22.6 Å². The van der Waals surface area contributed by atoms with Crippen LogP contribution in [0.4, 0.5) is 0 Å². The van der Waals surface area contributed by atoms with E-state index in [4.69, 9.17) is 9.47 Å². The van der Waals surface area contributed by atoms with Crippen LogP contribution in [-0.4, -0.2) is 73.1 Å². The molecule has 172 valence electrons. The molecule has 2 heterocycles. The van der Waals surface area contributed by atoms with E-state index in [2.05, 4.69) is 9.88 Å². The number of nitrogens with zero attached hydrogens (tertiary/aromatic N) is 3. The number of ether oxygens (including phenoxy) is 2. The van der Waals surface area contributed by atoms with Gasteiger partial charge in [0.15, 0.2) is 0 Å². The number of carbonyl (C=O) groups is 2. The number of hydrogen-bond donors (Lipinski definition) is 0. The van der Waals surface area contributed by atoms with Crippen LogP contribution in [0.2, 0.25) is 0 Å². The molecule has 7 nitrogen and oxygen atoms in total. The first-order valence-electron chi connectivity index (χ1n) is 11.2. The van der Waals surface area contributed by atoms with E-state index in [1.165, 1.54) is 0 Å². The number of rotatable bonds is 7. The lowest BCUT2D eigenvalue weighted by Gasteiger charge is -2.34. The Hall–Kier alpha value is -3.45. The minimum Gasteiger partial charge on any atom is -0.497 e. The zero-order valence-corrected chi connectivity index (χ0v) is 19.1. The summed E-state index contributed by atoms with van der Waals surface area (Å²) in [6.07, 6.45) is 3.26. The van der Waals surface area contributed by atoms with Gasteiger partial charge < -0.3 is 14.4 Å². The van der Waals surface area contributed by atoms with Crippen molar-refractivity contribution in [2.45, 2.75) is 12.8 Å². The predicted octanol–water partition coefficient (Wildman–Crippen LogP) is 3.35. The Morgan fingerprint density at radius 1 is 1.03 bits per heavy atom. The fourth-order valence-corrected chi connectivity index (χ4v) is 4.02. The minimum atomic E-state index is -0.342. The molecule has 4 rings (SSSR count). The largest absolute Gasteiger partial charge is 0.497 e. The summed E-state index contributed by atoms with van der Waals surface area (Å²) in [6, 6.07) is 15.4. The number of benzene rings is 2. The fraction of sp³-hybridized carbons (Fsp3) is 0.346. The second kappa shape index (κ2) is 10.4. The Balaban J connectivity index is 1.23. The number of esters is 1. The van der Waals surface area contributed by atoms with Gasteiger partial charge in [0, 0.05) is 45.1 Å². The lowest BCUT2D eigenvalue weighted by molar-refractivity contribution is -0.145. The first-order valence-corrected chi connectivity index (χ1v) is 11.2. The van der Waals surface area contributed by atoms with Crippen molar-refractivity contribution in [2.75, 3.05) is 46.4 Å². The first-order chi connectivity index (χ1) is 16.0. The van der Waals surface area contributed by atoms with E-state index in [9.17, 15) is 9.59 Å². The summed E-state index contributed by atoms with van der Waals surface area (Å²) in [6.45, 7) is 5.69. The number of aromatic nitrogens is 1. The molecule has 1 saturated heterocycles. The molecule has 2 aromatic carbocycles. The topological polar surface area (TPSA) is 72.0 Å². The number of methoxy groups -OCH3 is 1. The van der Waals surface area contributed by atoms with Gasteiger partial charge in [0.05, 0.1) is 18.6 Å². The number of piperazine rings is 1. The van der Waals surface area contributed by atoms with Crippen LogP contribution in [0.3, 0.4) is 0 Å². The van der Waals surface area contributed by atoms with Gasteiger partial charge in [0.2, 0.25) is 0 Å². The fourth-order valence-electron chi connectivity index (χ4n) is 4.02. The standard InChI is InChI=1S/C26H29N3O4/c1-19(20-5-6-22-17-24(32-2)8-7-21(22)16-20)26(31)33-15-14-28-10-12-29(13-11-28)25(30)23-4-3-9-27-18-23/h3-9,16-19H,10-15H2,1-2H3/t19-/m0/s1. The molecule has 0 spiro atoms. The van der Waals surface area contributed by atoms with Crippen LogP contribution in [0.1, 0.15) is 28.8 Å². The monoisotopic (exact) mass is 447 g/mol. The summed E-state index contributed by atoms with van der Waals surface area (Å²) in [4.78, 5) is 33.2. The van der Waals surface area contributed by atoms with Crippen LogP contribution in [0.25, 0.3) is 10.8 Å². The number of amides is 1. The second-order valence-electron chi connectivity index (χ2n) is 8.24. The molecule has 0 aliphatic carbocycles. The summed E-state index contributed by atoms with van der Waals surface area (Å²) in [7, 11) is 1.65. The minimum absolute atomic E-state index is 0.0110. The maximum Gasteiger partial charge on any atom is 0.313 e.